The number of aliphatic imine (C=N–C) groups is 1. The molecule has 2 aliphatic heterocycles. The summed E-state index contributed by atoms with van der Waals surface area (Å²) in [6.07, 6.45) is 1.60. The number of benzene rings is 1. The third-order valence-corrected chi connectivity index (χ3v) is 5.00. The zero-order valence-corrected chi connectivity index (χ0v) is 16.3. The van der Waals surface area contributed by atoms with Crippen LogP contribution in [-0.4, -0.2) is 47.9 Å². The minimum Gasteiger partial charge on any atom is -0.370 e. The molecule has 1 amide bonds. The maximum Gasteiger partial charge on any atom is 0.227 e. The minimum absolute atomic E-state index is 0. The molecule has 1 aromatic carbocycles. The molecule has 0 saturated carbocycles. The van der Waals surface area contributed by atoms with E-state index in [1.54, 1.807) is 0 Å². The molecule has 2 fully saturated rings. The van der Waals surface area contributed by atoms with Gasteiger partial charge in [-0.15, -0.1) is 24.0 Å². The fourth-order valence-corrected chi connectivity index (χ4v) is 3.71. The van der Waals surface area contributed by atoms with Gasteiger partial charge in [-0.2, -0.15) is 11.8 Å². The van der Waals surface area contributed by atoms with Crippen LogP contribution < -0.4 is 10.6 Å². The van der Waals surface area contributed by atoms with Crippen molar-refractivity contribution in [3.05, 3.63) is 29.8 Å². The van der Waals surface area contributed by atoms with E-state index in [4.69, 9.17) is 5.73 Å². The molecule has 2 aliphatic rings. The van der Waals surface area contributed by atoms with E-state index in [-0.39, 0.29) is 29.9 Å². The Morgan fingerprint density at radius 3 is 2.74 bits per heavy atom. The first-order valence-corrected chi connectivity index (χ1v) is 8.91. The van der Waals surface area contributed by atoms with E-state index < -0.39 is 0 Å². The highest BCUT2D eigenvalue weighted by molar-refractivity contribution is 14.0. The maximum absolute atomic E-state index is 11.8. The van der Waals surface area contributed by atoms with Crippen molar-refractivity contribution in [3.63, 3.8) is 0 Å². The van der Waals surface area contributed by atoms with Gasteiger partial charge in [0.25, 0.3) is 0 Å². The Morgan fingerprint density at radius 1 is 1.26 bits per heavy atom. The smallest absolute Gasteiger partial charge is 0.227 e. The number of thioether (sulfide) groups is 1. The molecule has 0 radical (unpaired) electrons. The molecule has 126 valence electrons. The zero-order valence-electron chi connectivity index (χ0n) is 13.1. The number of nitrogens with two attached hydrogens (primary N) is 1. The van der Waals surface area contributed by atoms with E-state index in [0.29, 0.717) is 18.9 Å². The summed E-state index contributed by atoms with van der Waals surface area (Å²) in [6.45, 7) is 3.33. The third-order valence-electron chi connectivity index (χ3n) is 4.05. The van der Waals surface area contributed by atoms with Gasteiger partial charge >= 0.3 is 0 Å². The Balaban J connectivity index is 0.00000192. The number of nitrogens with zero attached hydrogens (tertiary/aromatic N) is 3. The second kappa shape index (κ2) is 8.77. The molecule has 23 heavy (non-hydrogen) atoms. The topological polar surface area (TPSA) is 61.9 Å². The van der Waals surface area contributed by atoms with Crippen LogP contribution in [0.15, 0.2) is 29.3 Å². The molecule has 0 unspecified atom stereocenters. The van der Waals surface area contributed by atoms with Crippen LogP contribution in [-0.2, 0) is 11.3 Å². The van der Waals surface area contributed by atoms with E-state index in [1.807, 2.05) is 40.9 Å². The van der Waals surface area contributed by atoms with Crippen molar-refractivity contribution >= 4 is 53.3 Å². The Kier molecular flexibility index (Phi) is 7.01. The molecule has 0 bridgehead atoms. The number of hydrogen-bond acceptors (Lipinski definition) is 3. The molecule has 5 nitrogen and oxygen atoms in total. The quantitative estimate of drug-likeness (QED) is 0.440. The Labute approximate surface area is 158 Å². The van der Waals surface area contributed by atoms with E-state index >= 15 is 0 Å². The Bertz CT molecular complexity index is 575. The Hall–Kier alpha value is -0.960. The molecule has 7 heteroatoms. The zero-order chi connectivity index (χ0) is 15.4. The summed E-state index contributed by atoms with van der Waals surface area (Å²) in [5.41, 5.74) is 8.15. The highest BCUT2D eigenvalue weighted by Gasteiger charge is 2.21. The number of guanidine groups is 1. The van der Waals surface area contributed by atoms with Gasteiger partial charge in [-0.05, 0) is 24.1 Å². The second-order valence-corrected chi connectivity index (χ2v) is 6.82. The maximum atomic E-state index is 11.8. The van der Waals surface area contributed by atoms with Gasteiger partial charge < -0.3 is 15.5 Å². The molecule has 0 aliphatic carbocycles. The monoisotopic (exact) mass is 446 g/mol. The summed E-state index contributed by atoms with van der Waals surface area (Å²) >= 11 is 1.96. The lowest BCUT2D eigenvalue weighted by Crippen LogP contribution is -2.42. The molecular formula is C16H23IN4OS. The summed E-state index contributed by atoms with van der Waals surface area (Å²) in [5, 5.41) is 0. The van der Waals surface area contributed by atoms with E-state index in [1.165, 1.54) is 0 Å². The van der Waals surface area contributed by atoms with Gasteiger partial charge in [-0.1, -0.05) is 12.1 Å². The van der Waals surface area contributed by atoms with Crippen LogP contribution in [0.1, 0.15) is 18.4 Å². The van der Waals surface area contributed by atoms with Gasteiger partial charge in [0, 0.05) is 43.2 Å². The fraction of sp³-hybridized carbons (Fsp3) is 0.500. The predicted octanol–water partition coefficient (Wildman–Crippen LogP) is 2.29. The molecule has 2 N–H and O–H groups in total. The number of rotatable bonds is 3. The molecule has 2 heterocycles. The van der Waals surface area contributed by atoms with Crippen molar-refractivity contribution in [2.24, 2.45) is 10.7 Å². The van der Waals surface area contributed by atoms with Crippen LogP contribution in [0.2, 0.25) is 0 Å². The molecule has 3 rings (SSSR count). The summed E-state index contributed by atoms with van der Waals surface area (Å²) in [7, 11) is 0. The third kappa shape index (κ3) is 4.76. The van der Waals surface area contributed by atoms with Crippen molar-refractivity contribution in [2.75, 3.05) is 36.0 Å². The van der Waals surface area contributed by atoms with Crippen LogP contribution in [0.5, 0.6) is 0 Å². The van der Waals surface area contributed by atoms with Crippen molar-refractivity contribution in [1.82, 2.24) is 4.90 Å². The SMILES string of the molecule is I.NC(=NCc1cccc(N2CCCC2=O)c1)N1CCSCC1. The van der Waals surface area contributed by atoms with Crippen LogP contribution in [0.25, 0.3) is 0 Å². The fourth-order valence-electron chi connectivity index (χ4n) is 2.81. The van der Waals surface area contributed by atoms with Gasteiger partial charge in [-0.3, -0.25) is 4.79 Å². The number of hydrogen-bond donors (Lipinski definition) is 1. The summed E-state index contributed by atoms with van der Waals surface area (Å²) in [6, 6.07) is 8.06. The standard InChI is InChI=1S/C16H22N4OS.HI/c17-16(19-7-9-22-10-8-19)18-12-13-3-1-4-14(11-13)20-6-2-5-15(20)21;/h1,3-4,11H,2,5-10,12H2,(H2,17,18);1H. The largest absolute Gasteiger partial charge is 0.370 e. The van der Waals surface area contributed by atoms with Crippen LogP contribution in [0.4, 0.5) is 5.69 Å². The number of carbonyl (C=O) groups excluding carboxylic acids is 1. The summed E-state index contributed by atoms with van der Waals surface area (Å²) in [4.78, 5) is 20.3. The molecule has 0 aromatic heterocycles. The van der Waals surface area contributed by atoms with Gasteiger partial charge in [0.05, 0.1) is 6.54 Å². The van der Waals surface area contributed by atoms with Crippen molar-refractivity contribution in [3.8, 4) is 0 Å². The summed E-state index contributed by atoms with van der Waals surface area (Å²) < 4.78 is 0. The lowest BCUT2D eigenvalue weighted by atomic mass is 10.2. The first-order chi connectivity index (χ1) is 10.7. The van der Waals surface area contributed by atoms with Crippen LogP contribution in [0.3, 0.4) is 0 Å². The van der Waals surface area contributed by atoms with Crippen molar-refractivity contribution in [1.29, 1.82) is 0 Å². The normalized spacial score (nSPS) is 19.0. The molecular weight excluding hydrogens is 423 g/mol. The van der Waals surface area contributed by atoms with Gasteiger partial charge in [0.2, 0.25) is 5.91 Å². The molecule has 0 spiro atoms. The second-order valence-electron chi connectivity index (χ2n) is 5.59. The number of carbonyl (C=O) groups is 1. The average molecular weight is 446 g/mol. The average Bonchev–Trinajstić information content (AvgIpc) is 3.00. The minimum atomic E-state index is 0. The van der Waals surface area contributed by atoms with Crippen molar-refractivity contribution < 1.29 is 4.79 Å². The highest BCUT2D eigenvalue weighted by Crippen LogP contribution is 2.22. The van der Waals surface area contributed by atoms with E-state index in [2.05, 4.69) is 9.89 Å². The van der Waals surface area contributed by atoms with Crippen LogP contribution in [0, 0.1) is 0 Å². The number of amides is 1. The van der Waals surface area contributed by atoms with Gasteiger partial charge in [0.15, 0.2) is 5.96 Å². The van der Waals surface area contributed by atoms with Gasteiger partial charge in [-0.25, -0.2) is 4.99 Å². The number of anilines is 1. The summed E-state index contributed by atoms with van der Waals surface area (Å²) in [5.74, 6) is 3.07. The van der Waals surface area contributed by atoms with E-state index in [0.717, 1.165) is 48.8 Å². The highest BCUT2D eigenvalue weighted by atomic mass is 127. The predicted molar refractivity (Wildman–Crippen MR) is 108 cm³/mol. The Morgan fingerprint density at radius 2 is 2.04 bits per heavy atom. The molecule has 0 atom stereocenters. The molecule has 1 aromatic rings. The number of halogens is 1. The first kappa shape index (κ1) is 18.4. The van der Waals surface area contributed by atoms with Crippen LogP contribution >= 0.6 is 35.7 Å². The molecule has 2 saturated heterocycles. The lowest BCUT2D eigenvalue weighted by molar-refractivity contribution is -0.117. The first-order valence-electron chi connectivity index (χ1n) is 7.76. The van der Waals surface area contributed by atoms with Crippen molar-refractivity contribution in [2.45, 2.75) is 19.4 Å². The lowest BCUT2D eigenvalue weighted by Gasteiger charge is -2.27. The van der Waals surface area contributed by atoms with E-state index in [9.17, 15) is 4.79 Å². The van der Waals surface area contributed by atoms with Gasteiger partial charge in [0.1, 0.15) is 0 Å².